The van der Waals surface area contributed by atoms with E-state index in [1.165, 1.54) is 33.8 Å². The van der Waals surface area contributed by atoms with Crippen LogP contribution in [0.3, 0.4) is 0 Å². The van der Waals surface area contributed by atoms with Crippen molar-refractivity contribution in [1.29, 1.82) is 0 Å². The van der Waals surface area contributed by atoms with Crippen molar-refractivity contribution in [2.75, 3.05) is 63.6 Å². The number of benzene rings is 2. The van der Waals surface area contributed by atoms with E-state index in [1.54, 1.807) is 29.2 Å². The van der Waals surface area contributed by atoms with Crippen LogP contribution < -0.4 is 4.90 Å². The Morgan fingerprint density at radius 1 is 1.00 bits per heavy atom. The van der Waals surface area contributed by atoms with Crippen molar-refractivity contribution < 1.29 is 26.4 Å². The highest BCUT2D eigenvalue weighted by atomic mass is 32.2. The quantitative estimate of drug-likeness (QED) is 0.384. The van der Waals surface area contributed by atoms with Gasteiger partial charge in [-0.2, -0.15) is 4.31 Å². The number of rotatable bonds is 8. The van der Waals surface area contributed by atoms with Gasteiger partial charge in [-0.25, -0.2) is 21.8 Å². The molecule has 216 valence electrons. The molecule has 13 heteroatoms. The number of carbonyl (C=O) groups excluding carboxylic acids is 1. The molecule has 10 nitrogen and oxygen atoms in total. The molecule has 1 aromatic heterocycles. The smallest absolute Gasteiger partial charge is 0.260 e. The van der Waals surface area contributed by atoms with Gasteiger partial charge < -0.3 is 4.74 Å². The molecule has 2 aliphatic heterocycles. The van der Waals surface area contributed by atoms with Crippen LogP contribution in [0.5, 0.6) is 0 Å². The molecule has 0 radical (unpaired) electrons. The molecule has 0 aliphatic carbocycles. The molecule has 2 fully saturated rings. The van der Waals surface area contributed by atoms with E-state index >= 15 is 0 Å². The zero-order chi connectivity index (χ0) is 28.5. The highest BCUT2D eigenvalue weighted by Crippen LogP contribution is 2.32. The van der Waals surface area contributed by atoms with Gasteiger partial charge in [0.25, 0.3) is 5.91 Å². The van der Waals surface area contributed by atoms with E-state index in [2.05, 4.69) is 16.8 Å². The third kappa shape index (κ3) is 6.39. The molecule has 3 heterocycles. The van der Waals surface area contributed by atoms with Crippen LogP contribution in [0.4, 0.5) is 5.13 Å². The van der Waals surface area contributed by atoms with Crippen molar-refractivity contribution >= 4 is 52.5 Å². The minimum Gasteiger partial charge on any atom is -0.379 e. The maximum atomic E-state index is 13.8. The average Bonchev–Trinajstić information content (AvgIpc) is 3.37. The van der Waals surface area contributed by atoms with Crippen LogP contribution in [0.2, 0.25) is 0 Å². The van der Waals surface area contributed by atoms with Gasteiger partial charge in [-0.05, 0) is 61.2 Å². The Labute approximate surface area is 239 Å². The van der Waals surface area contributed by atoms with E-state index in [1.807, 2.05) is 0 Å². The summed E-state index contributed by atoms with van der Waals surface area (Å²) in [6.45, 7) is 6.90. The fourth-order valence-corrected chi connectivity index (χ4v) is 8.11. The summed E-state index contributed by atoms with van der Waals surface area (Å²) in [4.78, 5) is 22.6. The predicted molar refractivity (Wildman–Crippen MR) is 155 cm³/mol. The maximum absolute atomic E-state index is 13.8. The minimum absolute atomic E-state index is 0.173. The number of sulfone groups is 1. The second-order valence-corrected chi connectivity index (χ2v) is 15.4. The number of aromatic nitrogens is 1. The summed E-state index contributed by atoms with van der Waals surface area (Å²) in [5.74, 6) is 0.210. The summed E-state index contributed by atoms with van der Waals surface area (Å²) >= 11 is 1.26. The topological polar surface area (TPSA) is 117 Å². The number of nitrogens with zero attached hydrogens (tertiary/aromatic N) is 4. The fraction of sp³-hybridized carbons (Fsp3) is 0.481. The van der Waals surface area contributed by atoms with Crippen LogP contribution in [0, 0.1) is 5.92 Å². The van der Waals surface area contributed by atoms with Gasteiger partial charge in [0.2, 0.25) is 10.0 Å². The van der Waals surface area contributed by atoms with Crippen molar-refractivity contribution in [2.24, 2.45) is 5.92 Å². The summed E-state index contributed by atoms with van der Waals surface area (Å²) in [7, 11) is -7.02. The van der Waals surface area contributed by atoms with E-state index in [-0.39, 0.29) is 15.7 Å². The molecule has 1 amide bonds. The van der Waals surface area contributed by atoms with Crippen molar-refractivity contribution in [1.82, 2.24) is 14.2 Å². The lowest BCUT2D eigenvalue weighted by Gasteiger charge is -2.29. The number of amides is 1. The summed E-state index contributed by atoms with van der Waals surface area (Å²) in [6.07, 6.45) is 2.83. The third-order valence-electron chi connectivity index (χ3n) is 7.48. The number of thiazole rings is 1. The first-order valence-electron chi connectivity index (χ1n) is 13.4. The van der Waals surface area contributed by atoms with Crippen molar-refractivity contribution in [3.8, 4) is 0 Å². The predicted octanol–water partition coefficient (Wildman–Crippen LogP) is 3.10. The first-order valence-corrected chi connectivity index (χ1v) is 17.5. The van der Waals surface area contributed by atoms with E-state index in [0.717, 1.165) is 32.2 Å². The molecule has 2 aromatic carbocycles. The SMILES string of the molecule is CC1CCN(S(=O)(=O)c2ccc(C(=O)N(CCN3CCOCC3)c3nc4ccc(S(C)(=O)=O)cc4s3)cc2)CC1. The molecule has 0 saturated carbocycles. The van der Waals surface area contributed by atoms with Crippen LogP contribution in [-0.2, 0) is 24.6 Å². The second kappa shape index (κ2) is 11.8. The lowest BCUT2D eigenvalue weighted by molar-refractivity contribution is 0.0391. The Bertz CT molecular complexity index is 1570. The first kappa shape index (κ1) is 29.1. The van der Waals surface area contributed by atoms with Crippen LogP contribution in [0.15, 0.2) is 52.3 Å². The number of morpholine rings is 1. The molecule has 0 spiro atoms. The number of hydrogen-bond donors (Lipinski definition) is 0. The maximum Gasteiger partial charge on any atom is 0.260 e. The second-order valence-electron chi connectivity index (χ2n) is 10.4. The number of piperidine rings is 1. The summed E-state index contributed by atoms with van der Waals surface area (Å²) < 4.78 is 58.1. The Morgan fingerprint density at radius 2 is 1.65 bits per heavy atom. The Hall–Kier alpha value is -2.42. The molecular weight excluding hydrogens is 573 g/mol. The van der Waals surface area contributed by atoms with Gasteiger partial charge in [-0.15, -0.1) is 0 Å². The molecule has 3 aromatic rings. The molecule has 0 N–H and O–H groups in total. The highest BCUT2D eigenvalue weighted by Gasteiger charge is 2.29. The normalized spacial score (nSPS) is 18.2. The summed E-state index contributed by atoms with van der Waals surface area (Å²) in [6, 6.07) is 10.9. The zero-order valence-electron chi connectivity index (χ0n) is 22.7. The van der Waals surface area contributed by atoms with E-state index in [9.17, 15) is 21.6 Å². The minimum atomic E-state index is -3.63. The molecule has 2 aliphatic rings. The number of sulfonamides is 1. The Balaban J connectivity index is 1.42. The number of carbonyl (C=O) groups is 1. The van der Waals surface area contributed by atoms with Crippen LogP contribution in [0.1, 0.15) is 30.1 Å². The van der Waals surface area contributed by atoms with Crippen LogP contribution >= 0.6 is 11.3 Å². The van der Waals surface area contributed by atoms with Gasteiger partial charge in [-0.3, -0.25) is 14.6 Å². The van der Waals surface area contributed by atoms with Gasteiger partial charge >= 0.3 is 0 Å². The lowest BCUT2D eigenvalue weighted by atomic mass is 10.0. The molecular formula is C27H34N4O6S3. The van der Waals surface area contributed by atoms with E-state index < -0.39 is 19.9 Å². The first-order chi connectivity index (χ1) is 19.0. The molecule has 5 rings (SSSR count). The number of fused-ring (bicyclic) bond motifs is 1. The number of anilines is 1. The van der Waals surface area contributed by atoms with Crippen molar-refractivity contribution in [2.45, 2.75) is 29.6 Å². The zero-order valence-corrected chi connectivity index (χ0v) is 25.1. The monoisotopic (exact) mass is 606 g/mol. The number of hydrogen-bond acceptors (Lipinski definition) is 9. The molecule has 2 saturated heterocycles. The van der Waals surface area contributed by atoms with Gasteiger partial charge in [0.05, 0.1) is 33.2 Å². The highest BCUT2D eigenvalue weighted by molar-refractivity contribution is 7.90. The lowest BCUT2D eigenvalue weighted by Crippen LogP contribution is -2.43. The van der Waals surface area contributed by atoms with Crippen LogP contribution in [0.25, 0.3) is 10.2 Å². The number of ether oxygens (including phenoxy) is 1. The average molecular weight is 607 g/mol. The van der Waals surface area contributed by atoms with Gasteiger partial charge in [0, 0.05) is 51.1 Å². The van der Waals surface area contributed by atoms with Crippen molar-refractivity contribution in [3.63, 3.8) is 0 Å². The molecule has 0 unspecified atom stereocenters. The summed E-state index contributed by atoms with van der Waals surface area (Å²) in [5.41, 5.74) is 0.957. The van der Waals surface area contributed by atoms with Crippen LogP contribution in [-0.4, -0.2) is 95.7 Å². The molecule has 40 heavy (non-hydrogen) atoms. The standard InChI is InChI=1S/C27H34N4O6S3/c1-20-9-11-30(12-10-20)40(35,36)22-5-3-21(4-6-22)26(32)31(14-13-29-15-17-37-18-16-29)27-28-24-8-7-23(39(2,33)34)19-25(24)38-27/h3-8,19-20H,9-18H2,1-2H3. The van der Waals surface area contributed by atoms with E-state index in [4.69, 9.17) is 4.74 Å². The van der Waals surface area contributed by atoms with Gasteiger partial charge in [0.15, 0.2) is 15.0 Å². The van der Waals surface area contributed by atoms with Gasteiger partial charge in [-0.1, -0.05) is 18.3 Å². The Morgan fingerprint density at radius 3 is 2.30 bits per heavy atom. The van der Waals surface area contributed by atoms with Crippen molar-refractivity contribution in [3.05, 3.63) is 48.0 Å². The molecule has 0 atom stereocenters. The Kier molecular flexibility index (Phi) is 8.60. The third-order valence-corrected chi connectivity index (χ3v) is 11.5. The molecule has 0 bridgehead atoms. The summed E-state index contributed by atoms with van der Waals surface area (Å²) in [5, 5.41) is 0.457. The van der Waals surface area contributed by atoms with E-state index in [0.29, 0.717) is 66.2 Å². The largest absolute Gasteiger partial charge is 0.379 e. The fourth-order valence-electron chi connectivity index (χ4n) is 4.89. The van der Waals surface area contributed by atoms with Gasteiger partial charge in [0.1, 0.15) is 0 Å².